The van der Waals surface area contributed by atoms with Crippen LogP contribution in [0.15, 0.2) is 16.6 Å². The maximum atomic E-state index is 13.3. The molecular weight excluding hydrogens is 311 g/mol. The predicted molar refractivity (Wildman–Crippen MR) is 78.0 cm³/mol. The van der Waals surface area contributed by atoms with Crippen LogP contribution < -0.4 is 0 Å². The first-order chi connectivity index (χ1) is 9.06. The lowest BCUT2D eigenvalue weighted by Gasteiger charge is -2.32. The number of nitrogens with zero attached hydrogens (tertiary/aromatic N) is 2. The van der Waals surface area contributed by atoms with E-state index in [1.807, 2.05) is 0 Å². The van der Waals surface area contributed by atoms with Crippen LogP contribution in [0.3, 0.4) is 0 Å². The largest absolute Gasteiger partial charge is 0.506 e. The van der Waals surface area contributed by atoms with Gasteiger partial charge in [-0.3, -0.25) is 0 Å². The summed E-state index contributed by atoms with van der Waals surface area (Å²) in [5.41, 5.74) is 0.681. The van der Waals surface area contributed by atoms with Gasteiger partial charge in [-0.15, -0.1) is 0 Å². The van der Waals surface area contributed by atoms with Crippen molar-refractivity contribution in [2.75, 3.05) is 39.8 Å². The Hall–Kier alpha value is -0.650. The Kier molecular flexibility index (Phi) is 5.19. The Bertz CT molecular complexity index is 434. The van der Waals surface area contributed by atoms with E-state index in [4.69, 9.17) is 0 Å². The lowest BCUT2D eigenvalue weighted by atomic mass is 10.1. The molecular formula is C14H20BrFN2O. The molecule has 0 amide bonds. The van der Waals surface area contributed by atoms with Crippen LogP contribution in [0.5, 0.6) is 5.75 Å². The summed E-state index contributed by atoms with van der Waals surface area (Å²) in [5.74, 6) is -0.140. The van der Waals surface area contributed by atoms with Gasteiger partial charge in [-0.05, 0) is 60.1 Å². The van der Waals surface area contributed by atoms with E-state index in [1.165, 1.54) is 12.1 Å². The first kappa shape index (κ1) is 14.8. The van der Waals surface area contributed by atoms with Gasteiger partial charge in [-0.2, -0.15) is 0 Å². The van der Waals surface area contributed by atoms with Crippen LogP contribution in [0.2, 0.25) is 0 Å². The van der Waals surface area contributed by atoms with Crippen molar-refractivity contribution in [2.45, 2.75) is 12.8 Å². The van der Waals surface area contributed by atoms with Gasteiger partial charge in [0.15, 0.2) is 0 Å². The minimum absolute atomic E-state index is 0.166. The summed E-state index contributed by atoms with van der Waals surface area (Å²) in [6.45, 7) is 5.40. The molecule has 1 aliphatic heterocycles. The molecule has 0 radical (unpaired) electrons. The van der Waals surface area contributed by atoms with Crippen LogP contribution in [0.1, 0.15) is 12.0 Å². The number of rotatable bonds is 4. The molecule has 0 spiro atoms. The lowest BCUT2D eigenvalue weighted by molar-refractivity contribution is 0.153. The maximum Gasteiger partial charge on any atom is 0.133 e. The SMILES string of the molecule is CN1CCN(CCCc2cc(F)cc(Br)c2O)CC1. The highest BCUT2D eigenvalue weighted by Gasteiger charge is 2.14. The third kappa shape index (κ3) is 4.16. The van der Waals surface area contributed by atoms with E-state index in [0.717, 1.165) is 39.1 Å². The monoisotopic (exact) mass is 330 g/mol. The van der Waals surface area contributed by atoms with Crippen LogP contribution in [0, 0.1) is 5.82 Å². The fourth-order valence-electron chi connectivity index (χ4n) is 2.37. The summed E-state index contributed by atoms with van der Waals surface area (Å²) in [6, 6.07) is 2.71. The third-order valence-corrected chi connectivity index (χ3v) is 4.23. The second kappa shape index (κ2) is 6.68. The maximum absolute atomic E-state index is 13.3. The van der Waals surface area contributed by atoms with Gasteiger partial charge in [0.05, 0.1) is 4.47 Å². The van der Waals surface area contributed by atoms with E-state index < -0.39 is 0 Å². The van der Waals surface area contributed by atoms with Gasteiger partial charge in [0.25, 0.3) is 0 Å². The van der Waals surface area contributed by atoms with Crippen molar-refractivity contribution in [3.8, 4) is 5.75 Å². The molecule has 3 nitrogen and oxygen atoms in total. The minimum atomic E-state index is -0.306. The van der Waals surface area contributed by atoms with Crippen molar-refractivity contribution in [3.63, 3.8) is 0 Å². The number of benzene rings is 1. The Morgan fingerprint density at radius 1 is 1.26 bits per heavy atom. The van der Waals surface area contributed by atoms with Crippen molar-refractivity contribution in [1.82, 2.24) is 9.80 Å². The normalized spacial score (nSPS) is 17.8. The second-order valence-electron chi connectivity index (χ2n) is 5.14. The number of aromatic hydroxyl groups is 1. The molecule has 1 fully saturated rings. The number of hydrogen-bond acceptors (Lipinski definition) is 3. The summed E-state index contributed by atoms with van der Waals surface area (Å²) >= 11 is 3.17. The zero-order valence-corrected chi connectivity index (χ0v) is 12.8. The van der Waals surface area contributed by atoms with Gasteiger partial charge in [0.2, 0.25) is 0 Å². The minimum Gasteiger partial charge on any atom is -0.506 e. The molecule has 1 saturated heterocycles. The molecule has 5 heteroatoms. The molecule has 0 bridgehead atoms. The topological polar surface area (TPSA) is 26.7 Å². The second-order valence-corrected chi connectivity index (χ2v) is 6.00. The standard InChI is InChI=1S/C14H20BrFN2O/c1-17-5-7-18(8-6-17)4-2-3-11-9-12(16)10-13(15)14(11)19/h9-10,19H,2-8H2,1H3. The molecule has 19 heavy (non-hydrogen) atoms. The molecule has 0 unspecified atom stereocenters. The van der Waals surface area contributed by atoms with Gasteiger partial charge in [0.1, 0.15) is 11.6 Å². The lowest BCUT2D eigenvalue weighted by Crippen LogP contribution is -2.44. The number of hydrogen-bond donors (Lipinski definition) is 1. The van der Waals surface area contributed by atoms with E-state index in [9.17, 15) is 9.50 Å². The van der Waals surface area contributed by atoms with E-state index in [2.05, 4.69) is 32.8 Å². The van der Waals surface area contributed by atoms with Gasteiger partial charge >= 0.3 is 0 Å². The van der Waals surface area contributed by atoms with E-state index >= 15 is 0 Å². The summed E-state index contributed by atoms with van der Waals surface area (Å²) in [6.07, 6.45) is 1.64. The molecule has 1 N–H and O–H groups in total. The van der Waals surface area contributed by atoms with E-state index in [1.54, 1.807) is 0 Å². The average molecular weight is 331 g/mol. The number of phenols is 1. The number of phenolic OH excluding ortho intramolecular Hbond substituents is 1. The van der Waals surface area contributed by atoms with Crippen LogP contribution in [-0.2, 0) is 6.42 Å². The molecule has 0 aliphatic carbocycles. The molecule has 0 saturated carbocycles. The van der Waals surface area contributed by atoms with Crippen LogP contribution >= 0.6 is 15.9 Å². The molecule has 106 valence electrons. The zero-order chi connectivity index (χ0) is 13.8. The highest BCUT2D eigenvalue weighted by atomic mass is 79.9. The van der Waals surface area contributed by atoms with Crippen molar-refractivity contribution in [3.05, 3.63) is 28.0 Å². The van der Waals surface area contributed by atoms with Gasteiger partial charge in [-0.1, -0.05) is 0 Å². The fraction of sp³-hybridized carbons (Fsp3) is 0.571. The van der Waals surface area contributed by atoms with Crippen molar-refractivity contribution in [2.24, 2.45) is 0 Å². The van der Waals surface area contributed by atoms with Gasteiger partial charge in [-0.25, -0.2) is 4.39 Å². The van der Waals surface area contributed by atoms with Crippen molar-refractivity contribution < 1.29 is 9.50 Å². The average Bonchev–Trinajstić information content (AvgIpc) is 2.37. The Labute approximate surface area is 122 Å². The third-order valence-electron chi connectivity index (χ3n) is 3.62. The van der Waals surface area contributed by atoms with E-state index in [0.29, 0.717) is 16.5 Å². The summed E-state index contributed by atoms with van der Waals surface area (Å²) in [4.78, 5) is 4.75. The van der Waals surface area contributed by atoms with Gasteiger partial charge in [0, 0.05) is 26.2 Å². The quantitative estimate of drug-likeness (QED) is 0.918. The molecule has 0 aromatic heterocycles. The molecule has 1 aromatic rings. The van der Waals surface area contributed by atoms with Gasteiger partial charge < -0.3 is 14.9 Å². The van der Waals surface area contributed by atoms with Crippen molar-refractivity contribution >= 4 is 15.9 Å². The van der Waals surface area contributed by atoms with E-state index in [-0.39, 0.29) is 11.6 Å². The first-order valence-electron chi connectivity index (χ1n) is 6.64. The molecule has 1 aromatic carbocycles. The predicted octanol–water partition coefficient (Wildman–Crippen LogP) is 2.47. The Morgan fingerprint density at radius 3 is 2.63 bits per heavy atom. The van der Waals surface area contributed by atoms with Crippen LogP contribution in [0.4, 0.5) is 4.39 Å². The number of halogens is 2. The Balaban J connectivity index is 1.83. The number of aryl methyl sites for hydroxylation is 1. The Morgan fingerprint density at radius 2 is 1.95 bits per heavy atom. The molecule has 0 atom stereocenters. The molecule has 2 rings (SSSR count). The summed E-state index contributed by atoms with van der Waals surface area (Å²) < 4.78 is 13.7. The highest BCUT2D eigenvalue weighted by molar-refractivity contribution is 9.10. The first-order valence-corrected chi connectivity index (χ1v) is 7.43. The fourth-order valence-corrected chi connectivity index (χ4v) is 2.85. The highest BCUT2D eigenvalue weighted by Crippen LogP contribution is 2.29. The molecule has 1 aliphatic rings. The summed E-state index contributed by atoms with van der Waals surface area (Å²) in [5, 5.41) is 9.86. The smallest absolute Gasteiger partial charge is 0.133 e. The zero-order valence-electron chi connectivity index (χ0n) is 11.2. The van der Waals surface area contributed by atoms with Crippen LogP contribution in [-0.4, -0.2) is 54.7 Å². The number of likely N-dealkylation sites (N-methyl/N-ethyl adjacent to an activating group) is 1. The van der Waals surface area contributed by atoms with Crippen LogP contribution in [0.25, 0.3) is 0 Å². The number of piperazine rings is 1. The van der Waals surface area contributed by atoms with Crippen molar-refractivity contribution in [1.29, 1.82) is 0 Å². The summed E-state index contributed by atoms with van der Waals surface area (Å²) in [7, 11) is 2.14. The molecule has 1 heterocycles.